The number of rotatable bonds is 2. The van der Waals surface area contributed by atoms with Crippen LogP contribution in [-0.2, 0) is 0 Å². The Bertz CT molecular complexity index is 372. The number of halogens is 1. The molecule has 1 fully saturated rings. The Balaban J connectivity index is 2.13. The average molecular weight is 226 g/mol. The summed E-state index contributed by atoms with van der Waals surface area (Å²) in [6.07, 6.45) is 2.44. The molecule has 15 heavy (non-hydrogen) atoms. The molecule has 0 aromatic carbocycles. The Morgan fingerprint density at radius 2 is 1.93 bits per heavy atom. The molecule has 4 heteroatoms. The maximum atomic E-state index is 6.00. The van der Waals surface area contributed by atoms with Crippen molar-refractivity contribution in [2.75, 3.05) is 5.32 Å². The van der Waals surface area contributed by atoms with E-state index in [0.29, 0.717) is 11.2 Å². The highest BCUT2D eigenvalue weighted by Crippen LogP contribution is 2.30. The lowest BCUT2D eigenvalue weighted by atomic mass is 9.82. The van der Waals surface area contributed by atoms with E-state index in [1.807, 2.05) is 13.8 Å². The number of hydrogen-bond donors (Lipinski definition) is 1. The largest absolute Gasteiger partial charge is 0.367 e. The van der Waals surface area contributed by atoms with Crippen molar-refractivity contribution in [3.63, 3.8) is 0 Å². The highest BCUT2D eigenvalue weighted by atomic mass is 35.5. The van der Waals surface area contributed by atoms with E-state index in [1.54, 1.807) is 0 Å². The molecule has 1 heterocycles. The van der Waals surface area contributed by atoms with Gasteiger partial charge < -0.3 is 5.32 Å². The highest BCUT2D eigenvalue weighted by molar-refractivity contribution is 6.30. The molecule has 0 radical (unpaired) electrons. The van der Waals surface area contributed by atoms with Gasteiger partial charge >= 0.3 is 0 Å². The highest BCUT2D eigenvalue weighted by Gasteiger charge is 2.26. The molecule has 0 atom stereocenters. The van der Waals surface area contributed by atoms with E-state index in [9.17, 15) is 0 Å². The topological polar surface area (TPSA) is 37.8 Å². The van der Waals surface area contributed by atoms with Crippen LogP contribution < -0.4 is 5.32 Å². The summed E-state index contributed by atoms with van der Waals surface area (Å²) in [4.78, 5) is 8.49. The first-order valence-electron chi connectivity index (χ1n) is 5.33. The zero-order valence-corrected chi connectivity index (χ0v) is 10.1. The van der Waals surface area contributed by atoms with Crippen LogP contribution in [0.3, 0.4) is 0 Å². The molecule has 1 aromatic heterocycles. The zero-order valence-electron chi connectivity index (χ0n) is 9.34. The second-order valence-corrected chi connectivity index (χ2v) is 4.81. The van der Waals surface area contributed by atoms with Gasteiger partial charge in [-0.05, 0) is 32.6 Å². The van der Waals surface area contributed by atoms with Gasteiger partial charge in [-0.3, -0.25) is 0 Å². The molecule has 0 unspecified atom stereocenters. The van der Waals surface area contributed by atoms with Crippen molar-refractivity contribution in [2.45, 2.75) is 39.7 Å². The lowest BCUT2D eigenvalue weighted by Gasteiger charge is -2.34. The fraction of sp³-hybridized carbons (Fsp3) is 0.636. The van der Waals surface area contributed by atoms with Crippen LogP contribution in [0.5, 0.6) is 0 Å². The monoisotopic (exact) mass is 225 g/mol. The lowest BCUT2D eigenvalue weighted by Crippen LogP contribution is -2.34. The van der Waals surface area contributed by atoms with E-state index >= 15 is 0 Å². The molecule has 0 aliphatic heterocycles. The average Bonchev–Trinajstić information content (AvgIpc) is 2.10. The van der Waals surface area contributed by atoms with Gasteiger partial charge in [0.05, 0.1) is 0 Å². The van der Waals surface area contributed by atoms with Gasteiger partial charge in [0, 0.05) is 11.6 Å². The molecule has 2 rings (SSSR count). The van der Waals surface area contributed by atoms with E-state index < -0.39 is 0 Å². The number of aryl methyl sites for hydroxylation is 1. The number of nitrogens with zero attached hydrogens (tertiary/aromatic N) is 2. The number of nitrogens with one attached hydrogen (secondary N) is 1. The lowest BCUT2D eigenvalue weighted by molar-refractivity contribution is 0.308. The van der Waals surface area contributed by atoms with E-state index in [0.717, 1.165) is 23.1 Å². The van der Waals surface area contributed by atoms with Gasteiger partial charge in [0.25, 0.3) is 0 Å². The van der Waals surface area contributed by atoms with Crippen LogP contribution >= 0.6 is 11.6 Å². The molecule has 0 spiro atoms. The van der Waals surface area contributed by atoms with E-state index in [1.165, 1.54) is 12.8 Å². The molecule has 1 saturated carbocycles. The summed E-state index contributed by atoms with van der Waals surface area (Å²) in [6, 6.07) is 0.559. The van der Waals surface area contributed by atoms with Gasteiger partial charge in [0.2, 0.25) is 0 Å². The molecule has 0 bridgehead atoms. The third-order valence-electron chi connectivity index (χ3n) is 2.91. The second kappa shape index (κ2) is 3.97. The van der Waals surface area contributed by atoms with E-state index in [2.05, 4.69) is 22.2 Å². The van der Waals surface area contributed by atoms with Crippen molar-refractivity contribution in [1.82, 2.24) is 9.97 Å². The fourth-order valence-corrected chi connectivity index (χ4v) is 2.16. The molecule has 0 saturated heterocycles. The molecular formula is C11H16ClN3. The summed E-state index contributed by atoms with van der Waals surface area (Å²) < 4.78 is 0. The maximum Gasteiger partial charge on any atom is 0.137 e. The van der Waals surface area contributed by atoms with Crippen LogP contribution in [-0.4, -0.2) is 16.0 Å². The predicted molar refractivity (Wildman–Crippen MR) is 62.3 cm³/mol. The normalized spacial score (nSPS) is 24.8. The molecule has 1 aromatic rings. The first kappa shape index (κ1) is 10.7. The molecular weight excluding hydrogens is 210 g/mol. The Morgan fingerprint density at radius 3 is 2.53 bits per heavy atom. The maximum absolute atomic E-state index is 6.00. The zero-order chi connectivity index (χ0) is 11.0. The fourth-order valence-electron chi connectivity index (χ4n) is 1.95. The van der Waals surface area contributed by atoms with Crippen LogP contribution in [0.2, 0.25) is 5.15 Å². The Kier molecular flexibility index (Phi) is 2.83. The molecule has 1 N–H and O–H groups in total. The number of aromatic nitrogens is 2. The Hall–Kier alpha value is -0.830. The van der Waals surface area contributed by atoms with Crippen molar-refractivity contribution in [2.24, 2.45) is 5.92 Å². The standard InChI is InChI=1S/C11H16ClN3/c1-6-4-9(5-6)15-11-7(2)10(12)13-8(3)14-11/h6,9H,4-5H2,1-3H3,(H,13,14,15). The first-order chi connectivity index (χ1) is 7.06. The van der Waals surface area contributed by atoms with Crippen molar-refractivity contribution in [3.05, 3.63) is 16.5 Å². The predicted octanol–water partition coefficient (Wildman–Crippen LogP) is 2.96. The third-order valence-corrected chi connectivity index (χ3v) is 3.28. The van der Waals surface area contributed by atoms with Gasteiger partial charge in [-0.2, -0.15) is 0 Å². The minimum atomic E-state index is 0.553. The van der Waals surface area contributed by atoms with Crippen LogP contribution in [0, 0.1) is 19.8 Å². The third kappa shape index (κ3) is 2.23. The van der Waals surface area contributed by atoms with Crippen molar-refractivity contribution in [3.8, 4) is 0 Å². The van der Waals surface area contributed by atoms with Gasteiger partial charge in [0.1, 0.15) is 16.8 Å². The summed E-state index contributed by atoms with van der Waals surface area (Å²) in [5, 5.41) is 3.98. The van der Waals surface area contributed by atoms with Gasteiger partial charge in [-0.1, -0.05) is 18.5 Å². The van der Waals surface area contributed by atoms with E-state index in [-0.39, 0.29) is 0 Å². The van der Waals surface area contributed by atoms with Crippen LogP contribution in [0.25, 0.3) is 0 Å². The van der Waals surface area contributed by atoms with Crippen molar-refractivity contribution < 1.29 is 0 Å². The SMILES string of the molecule is Cc1nc(Cl)c(C)c(NC2CC(C)C2)n1. The number of hydrogen-bond acceptors (Lipinski definition) is 3. The number of anilines is 1. The van der Waals surface area contributed by atoms with Crippen LogP contribution in [0.4, 0.5) is 5.82 Å². The summed E-state index contributed by atoms with van der Waals surface area (Å²) >= 11 is 6.00. The molecule has 1 aliphatic rings. The smallest absolute Gasteiger partial charge is 0.137 e. The van der Waals surface area contributed by atoms with Crippen molar-refractivity contribution in [1.29, 1.82) is 0 Å². The van der Waals surface area contributed by atoms with Gasteiger partial charge in [-0.25, -0.2) is 9.97 Å². The molecule has 0 amide bonds. The molecule has 1 aliphatic carbocycles. The Labute approximate surface area is 95.3 Å². The summed E-state index contributed by atoms with van der Waals surface area (Å²) in [5.74, 6) is 2.45. The second-order valence-electron chi connectivity index (χ2n) is 4.45. The minimum Gasteiger partial charge on any atom is -0.367 e. The summed E-state index contributed by atoms with van der Waals surface area (Å²) in [7, 11) is 0. The van der Waals surface area contributed by atoms with Gasteiger partial charge in [0.15, 0.2) is 0 Å². The molecule has 82 valence electrons. The van der Waals surface area contributed by atoms with Crippen LogP contribution in [0.15, 0.2) is 0 Å². The van der Waals surface area contributed by atoms with Crippen molar-refractivity contribution >= 4 is 17.4 Å². The minimum absolute atomic E-state index is 0.553. The van der Waals surface area contributed by atoms with E-state index in [4.69, 9.17) is 11.6 Å². The Morgan fingerprint density at radius 1 is 1.27 bits per heavy atom. The quantitative estimate of drug-likeness (QED) is 0.787. The van der Waals surface area contributed by atoms with Crippen LogP contribution in [0.1, 0.15) is 31.2 Å². The first-order valence-corrected chi connectivity index (χ1v) is 5.71. The summed E-state index contributed by atoms with van der Waals surface area (Å²) in [6.45, 7) is 6.08. The molecule has 3 nitrogen and oxygen atoms in total. The van der Waals surface area contributed by atoms with Gasteiger partial charge in [-0.15, -0.1) is 0 Å². The summed E-state index contributed by atoms with van der Waals surface area (Å²) in [5.41, 5.74) is 0.946.